The van der Waals surface area contributed by atoms with E-state index in [0.29, 0.717) is 5.76 Å². The SMILES string of the molecule is CCc1ccccc1-c1ccc(C(C)O)o1. The van der Waals surface area contributed by atoms with Gasteiger partial charge in [-0.05, 0) is 31.0 Å². The van der Waals surface area contributed by atoms with E-state index in [1.54, 1.807) is 6.92 Å². The number of rotatable bonds is 3. The molecule has 0 saturated heterocycles. The molecule has 0 fully saturated rings. The predicted octanol–water partition coefficient (Wildman–Crippen LogP) is 3.56. The van der Waals surface area contributed by atoms with Crippen LogP contribution in [0.5, 0.6) is 0 Å². The van der Waals surface area contributed by atoms with Gasteiger partial charge in [0.25, 0.3) is 0 Å². The van der Waals surface area contributed by atoms with E-state index in [-0.39, 0.29) is 0 Å². The molecule has 84 valence electrons. The van der Waals surface area contributed by atoms with E-state index in [0.717, 1.165) is 17.7 Å². The average Bonchev–Trinajstić information content (AvgIpc) is 2.78. The van der Waals surface area contributed by atoms with Gasteiger partial charge < -0.3 is 9.52 Å². The van der Waals surface area contributed by atoms with Crippen molar-refractivity contribution < 1.29 is 9.52 Å². The first kappa shape index (κ1) is 11.0. The summed E-state index contributed by atoms with van der Waals surface area (Å²) in [6.45, 7) is 3.83. The molecule has 0 spiro atoms. The Kier molecular flexibility index (Phi) is 3.11. The Bertz CT molecular complexity index is 469. The molecule has 2 rings (SSSR count). The summed E-state index contributed by atoms with van der Waals surface area (Å²) < 4.78 is 5.62. The van der Waals surface area contributed by atoms with E-state index in [4.69, 9.17) is 4.42 Å². The summed E-state index contributed by atoms with van der Waals surface area (Å²) in [6, 6.07) is 11.9. The highest BCUT2D eigenvalue weighted by molar-refractivity contribution is 5.62. The minimum absolute atomic E-state index is 0.553. The van der Waals surface area contributed by atoms with Crippen molar-refractivity contribution >= 4 is 0 Å². The van der Waals surface area contributed by atoms with E-state index in [2.05, 4.69) is 13.0 Å². The highest BCUT2D eigenvalue weighted by atomic mass is 16.4. The second-order valence-corrected chi connectivity index (χ2v) is 3.89. The summed E-state index contributed by atoms with van der Waals surface area (Å²) in [5.74, 6) is 1.44. The number of aliphatic hydroxyl groups excluding tert-OH is 1. The predicted molar refractivity (Wildman–Crippen MR) is 64.2 cm³/mol. The summed E-state index contributed by atoms with van der Waals surface area (Å²) >= 11 is 0. The van der Waals surface area contributed by atoms with E-state index in [1.807, 2.05) is 30.3 Å². The van der Waals surface area contributed by atoms with Crippen LogP contribution in [0.4, 0.5) is 0 Å². The van der Waals surface area contributed by atoms with E-state index >= 15 is 0 Å². The van der Waals surface area contributed by atoms with Gasteiger partial charge in [-0.3, -0.25) is 0 Å². The largest absolute Gasteiger partial charge is 0.458 e. The van der Waals surface area contributed by atoms with Crippen LogP contribution in [-0.4, -0.2) is 5.11 Å². The molecule has 0 radical (unpaired) electrons. The lowest BCUT2D eigenvalue weighted by Crippen LogP contribution is -1.87. The van der Waals surface area contributed by atoms with Crippen molar-refractivity contribution in [1.82, 2.24) is 0 Å². The normalized spacial score (nSPS) is 12.7. The van der Waals surface area contributed by atoms with Gasteiger partial charge in [0.15, 0.2) is 0 Å². The highest BCUT2D eigenvalue weighted by Gasteiger charge is 2.10. The molecule has 1 aromatic heterocycles. The van der Waals surface area contributed by atoms with Gasteiger partial charge in [0.1, 0.15) is 17.6 Å². The van der Waals surface area contributed by atoms with Crippen LogP contribution in [0.25, 0.3) is 11.3 Å². The van der Waals surface area contributed by atoms with Crippen LogP contribution < -0.4 is 0 Å². The zero-order valence-electron chi connectivity index (χ0n) is 9.60. The van der Waals surface area contributed by atoms with Gasteiger partial charge in [0.05, 0.1) is 0 Å². The maximum atomic E-state index is 9.42. The summed E-state index contributed by atoms with van der Waals surface area (Å²) in [5.41, 5.74) is 2.37. The van der Waals surface area contributed by atoms with Gasteiger partial charge in [-0.15, -0.1) is 0 Å². The fourth-order valence-corrected chi connectivity index (χ4v) is 1.79. The van der Waals surface area contributed by atoms with Crippen LogP contribution in [-0.2, 0) is 6.42 Å². The average molecular weight is 216 g/mol. The van der Waals surface area contributed by atoms with Crippen molar-refractivity contribution in [2.24, 2.45) is 0 Å². The van der Waals surface area contributed by atoms with Crippen LogP contribution in [0.3, 0.4) is 0 Å². The third-order valence-corrected chi connectivity index (χ3v) is 2.70. The lowest BCUT2D eigenvalue weighted by atomic mass is 10.0. The molecule has 0 amide bonds. The van der Waals surface area contributed by atoms with Crippen LogP contribution >= 0.6 is 0 Å². The highest BCUT2D eigenvalue weighted by Crippen LogP contribution is 2.28. The van der Waals surface area contributed by atoms with Crippen LogP contribution in [0, 0.1) is 0 Å². The molecule has 1 aromatic carbocycles. The van der Waals surface area contributed by atoms with Gasteiger partial charge >= 0.3 is 0 Å². The van der Waals surface area contributed by atoms with E-state index < -0.39 is 6.10 Å². The van der Waals surface area contributed by atoms with Crippen molar-refractivity contribution in [3.63, 3.8) is 0 Å². The maximum Gasteiger partial charge on any atom is 0.134 e. The van der Waals surface area contributed by atoms with Crippen LogP contribution in [0.1, 0.15) is 31.3 Å². The molecule has 0 saturated carbocycles. The fraction of sp³-hybridized carbons (Fsp3) is 0.286. The van der Waals surface area contributed by atoms with Crippen molar-refractivity contribution in [3.8, 4) is 11.3 Å². The zero-order valence-corrected chi connectivity index (χ0v) is 9.60. The standard InChI is InChI=1S/C14H16O2/c1-3-11-6-4-5-7-12(11)14-9-8-13(16-14)10(2)15/h4-10,15H,3H2,1-2H3. The Morgan fingerprint density at radius 3 is 2.56 bits per heavy atom. The summed E-state index contributed by atoms with van der Waals surface area (Å²) in [5, 5.41) is 9.42. The Balaban J connectivity index is 2.42. The minimum Gasteiger partial charge on any atom is -0.458 e. The van der Waals surface area contributed by atoms with Crippen molar-refractivity contribution in [2.45, 2.75) is 26.4 Å². The van der Waals surface area contributed by atoms with Crippen LogP contribution in [0.15, 0.2) is 40.8 Å². The lowest BCUT2D eigenvalue weighted by Gasteiger charge is -2.04. The van der Waals surface area contributed by atoms with E-state index in [9.17, 15) is 5.11 Å². The van der Waals surface area contributed by atoms with Gasteiger partial charge in [-0.25, -0.2) is 0 Å². The summed E-state index contributed by atoms with van der Waals surface area (Å²) in [6.07, 6.45) is 0.420. The van der Waals surface area contributed by atoms with Crippen molar-refractivity contribution in [2.75, 3.05) is 0 Å². The molecule has 1 N–H and O–H groups in total. The van der Waals surface area contributed by atoms with Gasteiger partial charge in [0.2, 0.25) is 0 Å². The lowest BCUT2D eigenvalue weighted by molar-refractivity contribution is 0.170. The molecule has 16 heavy (non-hydrogen) atoms. The van der Waals surface area contributed by atoms with Gasteiger partial charge in [0, 0.05) is 5.56 Å². The third kappa shape index (κ3) is 2.02. The second kappa shape index (κ2) is 4.54. The summed E-state index contributed by atoms with van der Waals surface area (Å²) in [7, 11) is 0. The minimum atomic E-state index is -0.553. The number of hydrogen-bond donors (Lipinski definition) is 1. The molecule has 0 aliphatic heterocycles. The fourth-order valence-electron chi connectivity index (χ4n) is 1.79. The Morgan fingerprint density at radius 1 is 1.19 bits per heavy atom. The first-order chi connectivity index (χ1) is 7.72. The first-order valence-corrected chi connectivity index (χ1v) is 5.58. The van der Waals surface area contributed by atoms with Gasteiger partial charge in [-0.1, -0.05) is 31.2 Å². The van der Waals surface area contributed by atoms with Gasteiger partial charge in [-0.2, -0.15) is 0 Å². The molecule has 0 aliphatic carbocycles. The molecular formula is C14H16O2. The van der Waals surface area contributed by atoms with Crippen LogP contribution in [0.2, 0.25) is 0 Å². The molecule has 0 aliphatic rings. The Hall–Kier alpha value is -1.54. The topological polar surface area (TPSA) is 33.4 Å². The molecular weight excluding hydrogens is 200 g/mol. The zero-order chi connectivity index (χ0) is 11.5. The molecule has 2 nitrogen and oxygen atoms in total. The second-order valence-electron chi connectivity index (χ2n) is 3.89. The van der Waals surface area contributed by atoms with Crippen molar-refractivity contribution in [3.05, 3.63) is 47.7 Å². The molecule has 0 bridgehead atoms. The number of benzene rings is 1. The molecule has 2 aromatic rings. The molecule has 1 heterocycles. The number of hydrogen-bond acceptors (Lipinski definition) is 2. The number of aliphatic hydroxyl groups is 1. The monoisotopic (exact) mass is 216 g/mol. The van der Waals surface area contributed by atoms with E-state index in [1.165, 1.54) is 5.56 Å². The number of furan rings is 1. The molecule has 1 unspecified atom stereocenters. The summed E-state index contributed by atoms with van der Waals surface area (Å²) in [4.78, 5) is 0. The maximum absolute atomic E-state index is 9.42. The Morgan fingerprint density at radius 2 is 1.94 bits per heavy atom. The molecule has 1 atom stereocenters. The first-order valence-electron chi connectivity index (χ1n) is 5.58. The van der Waals surface area contributed by atoms with Crippen molar-refractivity contribution in [1.29, 1.82) is 0 Å². The quantitative estimate of drug-likeness (QED) is 0.851. The number of aryl methyl sites for hydroxylation is 1. The smallest absolute Gasteiger partial charge is 0.134 e. The third-order valence-electron chi connectivity index (χ3n) is 2.70. The Labute approximate surface area is 95.5 Å². The molecule has 2 heteroatoms.